The standard InChI is InChI=1S/C7H7N3O/c8-6(1-4-11)7-5-9-2-3-10-7/h1-5H,8H2/b6-1+. The zero-order valence-corrected chi connectivity index (χ0v) is 5.77. The first-order valence-electron chi connectivity index (χ1n) is 3.02. The molecule has 1 aromatic rings. The lowest BCUT2D eigenvalue weighted by Gasteiger charge is -1.95. The van der Waals surface area contributed by atoms with Crippen LogP contribution in [0.2, 0.25) is 0 Å². The number of aromatic nitrogens is 2. The van der Waals surface area contributed by atoms with Gasteiger partial charge < -0.3 is 5.73 Å². The SMILES string of the molecule is N/C(=C/C=O)c1cnccn1. The summed E-state index contributed by atoms with van der Waals surface area (Å²) in [5.41, 5.74) is 6.27. The van der Waals surface area contributed by atoms with Gasteiger partial charge in [-0.25, -0.2) is 0 Å². The Morgan fingerprint density at radius 2 is 2.36 bits per heavy atom. The minimum absolute atomic E-state index is 0.327. The molecular formula is C7H7N3O. The summed E-state index contributed by atoms with van der Waals surface area (Å²) >= 11 is 0. The van der Waals surface area contributed by atoms with Gasteiger partial charge in [-0.1, -0.05) is 0 Å². The van der Waals surface area contributed by atoms with Crippen LogP contribution in [0.3, 0.4) is 0 Å². The third-order valence-electron chi connectivity index (χ3n) is 1.11. The molecule has 0 amide bonds. The fourth-order valence-electron chi connectivity index (χ4n) is 0.607. The van der Waals surface area contributed by atoms with Crippen molar-refractivity contribution in [2.75, 3.05) is 0 Å². The quantitative estimate of drug-likeness (QED) is 0.473. The van der Waals surface area contributed by atoms with E-state index < -0.39 is 0 Å². The fourth-order valence-corrected chi connectivity index (χ4v) is 0.607. The number of rotatable bonds is 2. The molecule has 0 aliphatic heterocycles. The van der Waals surface area contributed by atoms with Crippen LogP contribution in [0.1, 0.15) is 5.69 Å². The molecule has 0 aliphatic rings. The first kappa shape index (κ1) is 7.40. The molecule has 1 aromatic heterocycles. The van der Waals surface area contributed by atoms with E-state index in [-0.39, 0.29) is 0 Å². The molecule has 0 fully saturated rings. The van der Waals surface area contributed by atoms with Crippen LogP contribution in [0.15, 0.2) is 24.7 Å². The molecule has 4 nitrogen and oxygen atoms in total. The van der Waals surface area contributed by atoms with Gasteiger partial charge >= 0.3 is 0 Å². The minimum Gasteiger partial charge on any atom is -0.397 e. The summed E-state index contributed by atoms with van der Waals surface area (Å²) in [6.45, 7) is 0. The maximum atomic E-state index is 9.98. The Hall–Kier alpha value is -1.71. The summed E-state index contributed by atoms with van der Waals surface area (Å²) in [5.74, 6) is 0. The highest BCUT2D eigenvalue weighted by Gasteiger charge is 1.94. The van der Waals surface area contributed by atoms with Gasteiger partial charge in [0.25, 0.3) is 0 Å². The van der Waals surface area contributed by atoms with Gasteiger partial charge in [0, 0.05) is 18.5 Å². The van der Waals surface area contributed by atoms with Gasteiger partial charge in [-0.15, -0.1) is 0 Å². The Balaban J connectivity index is 2.94. The summed E-state index contributed by atoms with van der Waals surface area (Å²) in [6.07, 6.45) is 6.40. The average molecular weight is 149 g/mol. The second-order valence-corrected chi connectivity index (χ2v) is 1.85. The fraction of sp³-hybridized carbons (Fsp3) is 0. The molecule has 2 N–H and O–H groups in total. The first-order valence-corrected chi connectivity index (χ1v) is 3.02. The van der Waals surface area contributed by atoms with E-state index in [1.807, 2.05) is 0 Å². The maximum Gasteiger partial charge on any atom is 0.144 e. The van der Waals surface area contributed by atoms with Crippen molar-refractivity contribution in [3.63, 3.8) is 0 Å². The van der Waals surface area contributed by atoms with E-state index in [2.05, 4.69) is 9.97 Å². The Morgan fingerprint density at radius 3 is 2.91 bits per heavy atom. The van der Waals surface area contributed by atoms with Crippen molar-refractivity contribution in [1.82, 2.24) is 9.97 Å². The van der Waals surface area contributed by atoms with E-state index in [1.165, 1.54) is 24.7 Å². The summed E-state index contributed by atoms with van der Waals surface area (Å²) in [7, 11) is 0. The number of carbonyl (C=O) groups excluding carboxylic acids is 1. The van der Waals surface area contributed by atoms with Gasteiger partial charge in [0.1, 0.15) is 12.0 Å². The molecule has 1 heterocycles. The van der Waals surface area contributed by atoms with E-state index in [0.717, 1.165) is 0 Å². The molecule has 11 heavy (non-hydrogen) atoms. The predicted octanol–water partition coefficient (Wildman–Crippen LogP) is -0.0249. The van der Waals surface area contributed by atoms with Gasteiger partial charge in [0.2, 0.25) is 0 Å². The molecule has 56 valence electrons. The lowest BCUT2D eigenvalue weighted by Crippen LogP contribution is -1.99. The Morgan fingerprint density at radius 1 is 1.55 bits per heavy atom. The monoisotopic (exact) mass is 149 g/mol. The van der Waals surface area contributed by atoms with Crippen LogP contribution in [-0.2, 0) is 4.79 Å². The summed E-state index contributed by atoms with van der Waals surface area (Å²) in [5, 5.41) is 0. The second-order valence-electron chi connectivity index (χ2n) is 1.85. The molecular weight excluding hydrogens is 142 g/mol. The van der Waals surface area contributed by atoms with Gasteiger partial charge in [0.15, 0.2) is 0 Å². The number of carbonyl (C=O) groups is 1. The molecule has 0 aromatic carbocycles. The van der Waals surface area contributed by atoms with E-state index in [4.69, 9.17) is 5.73 Å². The molecule has 4 heteroatoms. The Bertz CT molecular complexity index is 268. The number of aldehydes is 1. The molecule has 0 atom stereocenters. The van der Waals surface area contributed by atoms with Gasteiger partial charge in [-0.05, 0) is 0 Å². The number of nitrogens with two attached hydrogens (primary N) is 1. The number of hydrogen-bond donors (Lipinski definition) is 1. The maximum absolute atomic E-state index is 9.98. The molecule has 0 saturated heterocycles. The van der Waals surface area contributed by atoms with E-state index in [9.17, 15) is 4.79 Å². The molecule has 0 spiro atoms. The second kappa shape index (κ2) is 3.46. The zero-order chi connectivity index (χ0) is 8.10. The normalized spacial score (nSPS) is 11.1. The van der Waals surface area contributed by atoms with Crippen LogP contribution in [0.25, 0.3) is 5.70 Å². The molecule has 0 aliphatic carbocycles. The zero-order valence-electron chi connectivity index (χ0n) is 5.77. The van der Waals surface area contributed by atoms with E-state index >= 15 is 0 Å². The Kier molecular flexibility index (Phi) is 2.32. The van der Waals surface area contributed by atoms with E-state index in [0.29, 0.717) is 17.7 Å². The molecule has 1 rings (SSSR count). The van der Waals surface area contributed by atoms with Crippen LogP contribution in [0, 0.1) is 0 Å². The molecule has 0 unspecified atom stereocenters. The van der Waals surface area contributed by atoms with Crippen LogP contribution in [-0.4, -0.2) is 16.3 Å². The highest BCUT2D eigenvalue weighted by Crippen LogP contribution is 1.99. The van der Waals surface area contributed by atoms with Crippen molar-refractivity contribution >= 4 is 12.0 Å². The molecule has 0 bridgehead atoms. The van der Waals surface area contributed by atoms with Gasteiger partial charge in [-0.2, -0.15) is 0 Å². The summed E-state index contributed by atoms with van der Waals surface area (Å²) in [4.78, 5) is 17.7. The smallest absolute Gasteiger partial charge is 0.144 e. The topological polar surface area (TPSA) is 68.9 Å². The van der Waals surface area contributed by atoms with Crippen LogP contribution < -0.4 is 5.73 Å². The van der Waals surface area contributed by atoms with Crippen molar-refractivity contribution < 1.29 is 4.79 Å². The van der Waals surface area contributed by atoms with Crippen LogP contribution in [0.5, 0.6) is 0 Å². The first-order chi connectivity index (χ1) is 5.34. The van der Waals surface area contributed by atoms with Crippen LogP contribution >= 0.6 is 0 Å². The third-order valence-corrected chi connectivity index (χ3v) is 1.11. The third kappa shape index (κ3) is 1.86. The number of hydrogen-bond acceptors (Lipinski definition) is 4. The van der Waals surface area contributed by atoms with E-state index in [1.54, 1.807) is 0 Å². The highest BCUT2D eigenvalue weighted by molar-refractivity contribution is 5.78. The van der Waals surface area contributed by atoms with Crippen molar-refractivity contribution in [3.8, 4) is 0 Å². The van der Waals surface area contributed by atoms with Crippen molar-refractivity contribution in [2.24, 2.45) is 5.73 Å². The molecule has 0 saturated carbocycles. The lowest BCUT2D eigenvalue weighted by molar-refractivity contribution is -0.104. The summed E-state index contributed by atoms with van der Waals surface area (Å²) < 4.78 is 0. The van der Waals surface area contributed by atoms with Gasteiger partial charge in [0.05, 0.1) is 11.9 Å². The van der Waals surface area contributed by atoms with Crippen molar-refractivity contribution in [2.45, 2.75) is 0 Å². The average Bonchev–Trinajstić information content (AvgIpc) is 2.07. The number of nitrogens with zero attached hydrogens (tertiary/aromatic N) is 2. The Labute approximate surface area is 63.8 Å². The van der Waals surface area contributed by atoms with Crippen molar-refractivity contribution in [1.29, 1.82) is 0 Å². The largest absolute Gasteiger partial charge is 0.397 e. The lowest BCUT2D eigenvalue weighted by atomic mass is 10.3. The molecule has 0 radical (unpaired) electrons. The highest BCUT2D eigenvalue weighted by atomic mass is 16.1. The predicted molar refractivity (Wildman–Crippen MR) is 40.3 cm³/mol. The summed E-state index contributed by atoms with van der Waals surface area (Å²) in [6, 6.07) is 0. The number of allylic oxidation sites excluding steroid dienone is 1. The van der Waals surface area contributed by atoms with Crippen LogP contribution in [0.4, 0.5) is 0 Å². The van der Waals surface area contributed by atoms with Gasteiger partial charge in [-0.3, -0.25) is 14.8 Å². The minimum atomic E-state index is 0.327. The van der Waals surface area contributed by atoms with Crippen molar-refractivity contribution in [3.05, 3.63) is 30.4 Å².